The molecule has 0 bridgehead atoms. The number of hydrogen-bond acceptors (Lipinski definition) is 10. The molecule has 1 aliphatic carbocycles. The lowest BCUT2D eigenvalue weighted by molar-refractivity contribution is -0.0189. The molecule has 4 N–H and O–H groups in total. The first-order valence-electron chi connectivity index (χ1n) is 12.7. The number of carbonyl (C=O) groups is 1. The molecule has 10 nitrogen and oxygen atoms in total. The predicted octanol–water partition coefficient (Wildman–Crippen LogP) is 4.00. The number of sulfone groups is 1. The van der Waals surface area contributed by atoms with Crippen molar-refractivity contribution in [2.45, 2.75) is 75.8 Å². The molecule has 0 radical (unpaired) electrons. The Bertz CT molecular complexity index is 1540. The van der Waals surface area contributed by atoms with E-state index in [0.717, 1.165) is 16.3 Å². The molecule has 3 aromatic rings. The molecular weight excluding hydrogens is 504 g/mol. The van der Waals surface area contributed by atoms with Gasteiger partial charge in [-0.05, 0) is 69.7 Å². The van der Waals surface area contributed by atoms with E-state index < -0.39 is 21.0 Å². The molecule has 1 fully saturated rings. The Morgan fingerprint density at radius 1 is 1.11 bits per heavy atom. The Balaban J connectivity index is 1.47. The number of fused-ring (bicyclic) bond motifs is 2. The molecule has 0 aromatic carbocycles. The van der Waals surface area contributed by atoms with E-state index in [-0.39, 0.29) is 23.2 Å². The largest absolute Gasteiger partial charge is 0.455 e. The van der Waals surface area contributed by atoms with E-state index in [1.807, 2.05) is 40.7 Å². The quantitative estimate of drug-likeness (QED) is 0.393. The van der Waals surface area contributed by atoms with Gasteiger partial charge in [-0.1, -0.05) is 6.92 Å². The number of carbonyl (C=O) groups excluding carboxylic acids is 1. The van der Waals surface area contributed by atoms with Gasteiger partial charge in [0.15, 0.2) is 0 Å². The highest BCUT2D eigenvalue weighted by molar-refractivity contribution is 7.91. The minimum atomic E-state index is -3.04. The lowest BCUT2D eigenvalue weighted by Gasteiger charge is -2.36. The van der Waals surface area contributed by atoms with Crippen LogP contribution in [0.15, 0.2) is 30.6 Å². The lowest BCUT2D eigenvalue weighted by atomic mass is 9.84. The van der Waals surface area contributed by atoms with Crippen LogP contribution in [-0.2, 0) is 20.1 Å². The zero-order valence-corrected chi connectivity index (χ0v) is 23.3. The van der Waals surface area contributed by atoms with Crippen LogP contribution in [0.3, 0.4) is 0 Å². The van der Waals surface area contributed by atoms with Crippen LogP contribution in [0, 0.1) is 0 Å². The number of aromatic nitrogens is 3. The van der Waals surface area contributed by atoms with Crippen LogP contribution in [0.1, 0.15) is 75.0 Å². The van der Waals surface area contributed by atoms with Crippen LogP contribution >= 0.6 is 0 Å². The number of rotatable bonds is 6. The molecule has 0 spiro atoms. The SMILES string of the molecule is C[C@@H]1c2nc(Nc3cc4c(C(C)(C)N)cnc(NC5CC(S(C)(=O)=O)C5)c4cn3)ccc2C(=O)OC1(C)C. The van der Waals surface area contributed by atoms with Crippen LogP contribution in [0.2, 0.25) is 0 Å². The van der Waals surface area contributed by atoms with Crippen LogP contribution in [-0.4, -0.2) is 52.5 Å². The highest BCUT2D eigenvalue weighted by Crippen LogP contribution is 2.38. The summed E-state index contributed by atoms with van der Waals surface area (Å²) in [5.74, 6) is 1.32. The van der Waals surface area contributed by atoms with Gasteiger partial charge in [0.25, 0.3) is 0 Å². The van der Waals surface area contributed by atoms with Gasteiger partial charge in [0.2, 0.25) is 0 Å². The molecule has 5 rings (SSSR count). The Morgan fingerprint density at radius 2 is 1.82 bits per heavy atom. The van der Waals surface area contributed by atoms with Crippen molar-refractivity contribution in [3.63, 3.8) is 0 Å². The number of anilines is 3. The number of nitrogens with zero attached hydrogens (tertiary/aromatic N) is 3. The second-order valence-corrected chi connectivity index (χ2v) is 13.9. The second kappa shape index (κ2) is 8.88. The fourth-order valence-electron chi connectivity index (χ4n) is 4.95. The average molecular weight is 539 g/mol. The normalized spacial score (nSPS) is 22.8. The van der Waals surface area contributed by atoms with Gasteiger partial charge in [-0.15, -0.1) is 0 Å². The highest BCUT2D eigenvalue weighted by Gasteiger charge is 2.40. The molecule has 3 aromatic heterocycles. The molecule has 11 heteroatoms. The smallest absolute Gasteiger partial charge is 0.340 e. The standard InChI is InChI=1S/C27H34N6O4S/c1-14-23-17(25(34)37-27(14,4)5)7-8-21(33-23)32-22-11-18-19(12-29-22)24(30-13-20(18)26(2,3)28)31-15-9-16(10-15)38(6,35)36/h7-8,11-16H,9-10,28H2,1-6H3,(H,30,31)(H,29,32,33)/t14-,15?,16?/m1/s1. The monoisotopic (exact) mass is 538 g/mol. The van der Waals surface area contributed by atoms with E-state index in [2.05, 4.69) is 20.6 Å². The minimum absolute atomic E-state index is 0.0255. The van der Waals surface area contributed by atoms with Gasteiger partial charge < -0.3 is 21.1 Å². The van der Waals surface area contributed by atoms with E-state index in [1.54, 1.807) is 24.5 Å². The zero-order chi connectivity index (χ0) is 27.6. The summed E-state index contributed by atoms with van der Waals surface area (Å²) in [4.78, 5) is 26.4. The summed E-state index contributed by atoms with van der Waals surface area (Å²) in [6, 6.07) is 5.40. The average Bonchev–Trinajstić information content (AvgIpc) is 2.77. The fraction of sp³-hybridized carbons (Fsp3) is 0.481. The third-order valence-corrected chi connectivity index (χ3v) is 9.31. The molecule has 4 heterocycles. The Labute approximate surface area is 222 Å². The van der Waals surface area contributed by atoms with Crippen molar-refractivity contribution < 1.29 is 17.9 Å². The summed E-state index contributed by atoms with van der Waals surface area (Å²) in [6.45, 7) is 9.59. The summed E-state index contributed by atoms with van der Waals surface area (Å²) in [5, 5.41) is 8.02. The predicted molar refractivity (Wildman–Crippen MR) is 147 cm³/mol. The van der Waals surface area contributed by atoms with Gasteiger partial charge in [0, 0.05) is 41.5 Å². The van der Waals surface area contributed by atoms with E-state index in [1.165, 1.54) is 6.26 Å². The maximum absolute atomic E-state index is 12.4. The third-order valence-electron chi connectivity index (χ3n) is 7.72. The first kappa shape index (κ1) is 26.3. The maximum atomic E-state index is 12.4. The van der Waals surface area contributed by atoms with Crippen molar-refractivity contribution in [1.82, 2.24) is 15.0 Å². The zero-order valence-electron chi connectivity index (χ0n) is 22.5. The van der Waals surface area contributed by atoms with Crippen molar-refractivity contribution in [2.24, 2.45) is 5.73 Å². The number of hydrogen-bond donors (Lipinski definition) is 3. The van der Waals surface area contributed by atoms with Crippen LogP contribution in [0.4, 0.5) is 17.5 Å². The molecule has 202 valence electrons. The van der Waals surface area contributed by atoms with Gasteiger partial charge >= 0.3 is 5.97 Å². The number of nitrogens with two attached hydrogens (primary N) is 1. The van der Waals surface area contributed by atoms with Gasteiger partial charge in [-0.25, -0.2) is 28.2 Å². The second-order valence-electron chi connectivity index (χ2n) is 11.6. The van der Waals surface area contributed by atoms with Crippen molar-refractivity contribution in [3.8, 4) is 0 Å². The summed E-state index contributed by atoms with van der Waals surface area (Å²) in [5.41, 5.74) is 7.17. The van der Waals surface area contributed by atoms with Crippen LogP contribution in [0.25, 0.3) is 10.8 Å². The first-order valence-corrected chi connectivity index (χ1v) is 14.6. The first-order chi connectivity index (χ1) is 17.6. The maximum Gasteiger partial charge on any atom is 0.340 e. The summed E-state index contributed by atoms with van der Waals surface area (Å²) in [7, 11) is -3.04. The molecule has 1 aliphatic heterocycles. The molecular formula is C27H34N6O4S. The molecule has 0 amide bonds. The van der Waals surface area contributed by atoms with E-state index in [4.69, 9.17) is 15.5 Å². The summed E-state index contributed by atoms with van der Waals surface area (Å²) in [6.07, 6.45) is 5.87. The number of esters is 1. The van der Waals surface area contributed by atoms with Crippen LogP contribution in [0.5, 0.6) is 0 Å². The molecule has 0 saturated heterocycles. The Morgan fingerprint density at radius 3 is 2.47 bits per heavy atom. The molecule has 1 saturated carbocycles. The number of cyclic esters (lactones) is 1. The minimum Gasteiger partial charge on any atom is -0.455 e. The van der Waals surface area contributed by atoms with Crippen LogP contribution < -0.4 is 16.4 Å². The molecule has 1 atom stereocenters. The molecule has 0 unspecified atom stereocenters. The van der Waals surface area contributed by atoms with Gasteiger partial charge in [0.05, 0.1) is 16.5 Å². The van der Waals surface area contributed by atoms with Gasteiger partial charge in [0.1, 0.15) is 32.9 Å². The Hall–Kier alpha value is -3.31. The van der Waals surface area contributed by atoms with Gasteiger partial charge in [-0.2, -0.15) is 0 Å². The van der Waals surface area contributed by atoms with Crippen molar-refractivity contribution in [2.75, 3.05) is 16.9 Å². The van der Waals surface area contributed by atoms with E-state index in [9.17, 15) is 13.2 Å². The lowest BCUT2D eigenvalue weighted by Crippen LogP contribution is -2.43. The fourth-order valence-corrected chi connectivity index (χ4v) is 6.11. The van der Waals surface area contributed by atoms with Crippen molar-refractivity contribution in [1.29, 1.82) is 0 Å². The summed E-state index contributed by atoms with van der Waals surface area (Å²) >= 11 is 0. The van der Waals surface area contributed by atoms with Crippen molar-refractivity contribution in [3.05, 3.63) is 47.4 Å². The summed E-state index contributed by atoms with van der Waals surface area (Å²) < 4.78 is 29.2. The third kappa shape index (κ3) is 4.80. The Kier molecular flexibility index (Phi) is 6.14. The highest BCUT2D eigenvalue weighted by atomic mass is 32.2. The van der Waals surface area contributed by atoms with Gasteiger partial charge in [-0.3, -0.25) is 0 Å². The molecule has 2 aliphatic rings. The topological polar surface area (TPSA) is 149 Å². The van der Waals surface area contributed by atoms with E-state index >= 15 is 0 Å². The van der Waals surface area contributed by atoms with Crippen molar-refractivity contribution >= 4 is 44.0 Å². The molecule has 38 heavy (non-hydrogen) atoms. The number of pyridine rings is 3. The number of nitrogens with one attached hydrogen (secondary N) is 2. The number of ether oxygens (including phenoxy) is 1. The van der Waals surface area contributed by atoms with E-state index in [0.29, 0.717) is 41.6 Å².